The van der Waals surface area contributed by atoms with Crippen LogP contribution in [0.1, 0.15) is 5.56 Å². The fourth-order valence-corrected chi connectivity index (χ4v) is 2.91. The van der Waals surface area contributed by atoms with E-state index >= 15 is 0 Å². The maximum Gasteiger partial charge on any atom is 0.293 e. The lowest BCUT2D eigenvalue weighted by Gasteiger charge is -2.19. The van der Waals surface area contributed by atoms with E-state index in [-0.39, 0.29) is 17.4 Å². The van der Waals surface area contributed by atoms with Gasteiger partial charge in [-0.25, -0.2) is 0 Å². The van der Waals surface area contributed by atoms with Gasteiger partial charge >= 0.3 is 0 Å². The minimum absolute atomic E-state index is 0.0336. The van der Waals surface area contributed by atoms with Gasteiger partial charge in [0, 0.05) is 25.2 Å². The summed E-state index contributed by atoms with van der Waals surface area (Å²) in [7, 11) is 1.82. The Labute approximate surface area is 160 Å². The van der Waals surface area contributed by atoms with Crippen molar-refractivity contribution in [2.45, 2.75) is 6.54 Å². The van der Waals surface area contributed by atoms with Crippen molar-refractivity contribution < 1.29 is 13.9 Å². The molecule has 0 N–H and O–H groups in total. The van der Waals surface area contributed by atoms with Crippen molar-refractivity contribution in [3.05, 3.63) is 82.6 Å². The van der Waals surface area contributed by atoms with Crippen molar-refractivity contribution >= 4 is 11.4 Å². The van der Waals surface area contributed by atoms with Crippen LogP contribution in [0.3, 0.4) is 0 Å². The van der Waals surface area contributed by atoms with Crippen LogP contribution in [-0.4, -0.2) is 22.1 Å². The quantitative estimate of drug-likeness (QED) is 0.360. The molecule has 2 aromatic heterocycles. The summed E-state index contributed by atoms with van der Waals surface area (Å²) in [5.74, 6) is 0.934. The van der Waals surface area contributed by atoms with Gasteiger partial charge < -0.3 is 13.8 Å². The van der Waals surface area contributed by atoms with Gasteiger partial charge in [0.2, 0.25) is 5.82 Å². The van der Waals surface area contributed by atoms with Gasteiger partial charge in [-0.3, -0.25) is 10.1 Å². The van der Waals surface area contributed by atoms with Gasteiger partial charge in [0.15, 0.2) is 5.76 Å². The third kappa shape index (κ3) is 3.48. The number of furan rings is 1. The number of benzene rings is 2. The van der Waals surface area contributed by atoms with E-state index in [0.29, 0.717) is 23.6 Å². The second kappa shape index (κ2) is 7.36. The highest BCUT2D eigenvalue weighted by atomic mass is 16.6. The van der Waals surface area contributed by atoms with E-state index in [0.717, 1.165) is 5.56 Å². The van der Waals surface area contributed by atoms with Crippen LogP contribution in [0.25, 0.3) is 23.0 Å². The minimum atomic E-state index is -0.413. The van der Waals surface area contributed by atoms with Crippen LogP contribution in [0.15, 0.2) is 75.9 Å². The summed E-state index contributed by atoms with van der Waals surface area (Å²) in [6.07, 6.45) is 1.51. The Morgan fingerprint density at radius 1 is 1.11 bits per heavy atom. The van der Waals surface area contributed by atoms with Crippen molar-refractivity contribution in [3.63, 3.8) is 0 Å². The van der Waals surface area contributed by atoms with Crippen molar-refractivity contribution in [3.8, 4) is 23.0 Å². The average molecular weight is 376 g/mol. The number of nitro benzene ring substituents is 1. The fraction of sp³-hybridized carbons (Fsp3) is 0.100. The predicted molar refractivity (Wildman–Crippen MR) is 103 cm³/mol. The molecule has 0 aliphatic carbocycles. The monoisotopic (exact) mass is 376 g/mol. The molecule has 0 aliphatic heterocycles. The first kappa shape index (κ1) is 17.5. The summed E-state index contributed by atoms with van der Waals surface area (Å²) in [6, 6.07) is 18.0. The van der Waals surface area contributed by atoms with Crippen LogP contribution in [-0.2, 0) is 6.54 Å². The third-order valence-corrected chi connectivity index (χ3v) is 4.26. The summed E-state index contributed by atoms with van der Waals surface area (Å²) in [5.41, 5.74) is 1.99. The highest BCUT2D eigenvalue weighted by Gasteiger charge is 2.21. The van der Waals surface area contributed by atoms with Crippen LogP contribution in [0.4, 0.5) is 11.4 Å². The zero-order valence-corrected chi connectivity index (χ0v) is 15.0. The topological polar surface area (TPSA) is 98.4 Å². The van der Waals surface area contributed by atoms with E-state index in [1.165, 1.54) is 12.3 Å². The van der Waals surface area contributed by atoms with Gasteiger partial charge in [-0.15, -0.1) is 0 Å². The molecule has 28 heavy (non-hydrogen) atoms. The number of rotatable bonds is 6. The van der Waals surface area contributed by atoms with Crippen LogP contribution in [0, 0.1) is 10.1 Å². The SMILES string of the molecule is CN(Cc1ccccc1)c1ccc(-c2nc(-c3ccco3)no2)cc1[N+](=O)[O-]. The number of nitrogens with zero attached hydrogens (tertiary/aromatic N) is 4. The van der Waals surface area contributed by atoms with E-state index in [4.69, 9.17) is 8.94 Å². The molecule has 8 nitrogen and oxygen atoms in total. The smallest absolute Gasteiger partial charge is 0.293 e. The Bertz CT molecular complexity index is 1090. The van der Waals surface area contributed by atoms with Gasteiger partial charge in [-0.05, 0) is 29.8 Å². The Morgan fingerprint density at radius 3 is 2.64 bits per heavy atom. The molecule has 8 heteroatoms. The lowest BCUT2D eigenvalue weighted by atomic mass is 10.1. The molecule has 4 aromatic rings. The molecular weight excluding hydrogens is 360 g/mol. The van der Waals surface area contributed by atoms with Crippen LogP contribution < -0.4 is 4.90 Å². The Kier molecular flexibility index (Phi) is 4.59. The summed E-state index contributed by atoms with van der Waals surface area (Å²) in [5, 5.41) is 15.5. The molecule has 140 valence electrons. The molecule has 4 rings (SSSR count). The molecule has 0 saturated carbocycles. The first-order valence-electron chi connectivity index (χ1n) is 8.53. The Balaban J connectivity index is 1.65. The molecule has 0 unspecified atom stereocenters. The highest BCUT2D eigenvalue weighted by Crippen LogP contribution is 2.33. The lowest BCUT2D eigenvalue weighted by molar-refractivity contribution is -0.384. The van der Waals surface area contributed by atoms with E-state index in [2.05, 4.69) is 10.1 Å². The fourth-order valence-electron chi connectivity index (χ4n) is 2.91. The lowest BCUT2D eigenvalue weighted by Crippen LogP contribution is -2.17. The second-order valence-corrected chi connectivity index (χ2v) is 6.20. The molecule has 0 amide bonds. The van der Waals surface area contributed by atoms with Crippen molar-refractivity contribution in [1.29, 1.82) is 0 Å². The summed E-state index contributed by atoms with van der Waals surface area (Å²) >= 11 is 0. The Morgan fingerprint density at radius 2 is 1.93 bits per heavy atom. The second-order valence-electron chi connectivity index (χ2n) is 6.20. The van der Waals surface area contributed by atoms with E-state index in [1.54, 1.807) is 24.3 Å². The van der Waals surface area contributed by atoms with Gasteiger partial charge in [-0.2, -0.15) is 4.98 Å². The zero-order chi connectivity index (χ0) is 19.5. The van der Waals surface area contributed by atoms with E-state index in [9.17, 15) is 10.1 Å². The first-order chi connectivity index (χ1) is 13.6. The van der Waals surface area contributed by atoms with Crippen LogP contribution in [0.5, 0.6) is 0 Å². The summed E-state index contributed by atoms with van der Waals surface area (Å²) in [4.78, 5) is 17.3. The van der Waals surface area contributed by atoms with Crippen LogP contribution in [0.2, 0.25) is 0 Å². The molecule has 0 spiro atoms. The molecule has 0 aliphatic rings. The predicted octanol–water partition coefficient (Wildman–Crippen LogP) is 4.54. The molecule has 0 saturated heterocycles. The standard InChI is InChI=1S/C20H16N4O4/c1-23(13-14-6-3-2-4-7-14)16-10-9-15(12-17(16)24(25)26)20-21-19(22-28-20)18-8-5-11-27-18/h2-12H,13H2,1H3. The van der Waals surface area contributed by atoms with Crippen molar-refractivity contribution in [1.82, 2.24) is 10.1 Å². The van der Waals surface area contributed by atoms with Gasteiger partial charge in [-0.1, -0.05) is 35.5 Å². The van der Waals surface area contributed by atoms with Crippen molar-refractivity contribution in [2.24, 2.45) is 0 Å². The zero-order valence-electron chi connectivity index (χ0n) is 15.0. The molecule has 0 bridgehead atoms. The summed E-state index contributed by atoms with van der Waals surface area (Å²) < 4.78 is 10.5. The number of hydrogen-bond acceptors (Lipinski definition) is 7. The van der Waals surface area contributed by atoms with Crippen LogP contribution >= 0.6 is 0 Å². The Hall–Kier alpha value is -3.94. The molecule has 0 fully saturated rings. The molecule has 2 aromatic carbocycles. The number of aromatic nitrogens is 2. The normalized spacial score (nSPS) is 10.8. The van der Waals surface area contributed by atoms with Gasteiger partial charge in [0.05, 0.1) is 11.2 Å². The van der Waals surface area contributed by atoms with E-state index in [1.807, 2.05) is 42.3 Å². The van der Waals surface area contributed by atoms with Gasteiger partial charge in [0.1, 0.15) is 5.69 Å². The third-order valence-electron chi connectivity index (χ3n) is 4.26. The molecule has 0 atom stereocenters. The van der Waals surface area contributed by atoms with E-state index < -0.39 is 4.92 Å². The molecular formula is C20H16N4O4. The molecule has 2 heterocycles. The molecule has 0 radical (unpaired) electrons. The number of nitro groups is 1. The largest absolute Gasteiger partial charge is 0.461 e. The maximum absolute atomic E-state index is 11.7. The van der Waals surface area contributed by atoms with Crippen molar-refractivity contribution in [2.75, 3.05) is 11.9 Å². The minimum Gasteiger partial charge on any atom is -0.461 e. The summed E-state index contributed by atoms with van der Waals surface area (Å²) in [6.45, 7) is 0.546. The van der Waals surface area contributed by atoms with Gasteiger partial charge in [0.25, 0.3) is 11.6 Å². The highest BCUT2D eigenvalue weighted by molar-refractivity contribution is 5.71. The number of anilines is 1. The number of hydrogen-bond donors (Lipinski definition) is 0. The average Bonchev–Trinajstić information content (AvgIpc) is 3.40. The maximum atomic E-state index is 11.7. The first-order valence-corrected chi connectivity index (χ1v) is 8.53.